The molecule has 0 aliphatic heterocycles. The van der Waals surface area contributed by atoms with E-state index in [9.17, 15) is 4.79 Å². The topological polar surface area (TPSA) is 52.7 Å². The fourth-order valence-corrected chi connectivity index (χ4v) is 8.11. The van der Waals surface area contributed by atoms with Gasteiger partial charge in [-0.15, -0.1) is 0 Å². The number of hydrogen-bond acceptors (Lipinski definition) is 3. The fourth-order valence-electron chi connectivity index (χ4n) is 8.11. The largest absolute Gasteiger partial charge is 0.278 e. The SMILES string of the molecule is CC1(C)c2ccccc2-c2ccc3c4c5ccccc5ccc4n(-c4ncc5c(=O)n(-c6ccccc6)c6ccccc6c5n4)c3c21. The molecule has 0 fully saturated rings. The first kappa shape index (κ1) is 26.2. The second-order valence-corrected chi connectivity index (χ2v) is 13.0. The quantitative estimate of drug-likeness (QED) is 0.185. The normalized spacial score (nSPS) is 13.6. The van der Waals surface area contributed by atoms with Crippen LogP contribution in [0.4, 0.5) is 0 Å². The lowest BCUT2D eigenvalue weighted by Gasteiger charge is -2.23. The summed E-state index contributed by atoms with van der Waals surface area (Å²) >= 11 is 0. The number of fused-ring (bicyclic) bond motifs is 12. The van der Waals surface area contributed by atoms with E-state index in [1.165, 1.54) is 43.8 Å². The fraction of sp³-hybridized carbons (Fsp3) is 0.0714. The Hall–Kier alpha value is -6.07. The Morgan fingerprint density at radius 1 is 0.596 bits per heavy atom. The zero-order valence-corrected chi connectivity index (χ0v) is 25.9. The van der Waals surface area contributed by atoms with Crippen LogP contribution in [0.15, 0.2) is 138 Å². The summed E-state index contributed by atoms with van der Waals surface area (Å²) in [7, 11) is 0. The van der Waals surface area contributed by atoms with Gasteiger partial charge >= 0.3 is 0 Å². The highest BCUT2D eigenvalue weighted by Gasteiger charge is 2.38. The van der Waals surface area contributed by atoms with Crippen molar-refractivity contribution >= 4 is 54.4 Å². The Morgan fingerprint density at radius 3 is 2.21 bits per heavy atom. The molecule has 0 unspecified atom stereocenters. The highest BCUT2D eigenvalue weighted by atomic mass is 16.1. The molecule has 6 aromatic carbocycles. The second kappa shape index (κ2) is 9.24. The predicted octanol–water partition coefficient (Wildman–Crippen LogP) is 9.49. The van der Waals surface area contributed by atoms with Crippen molar-refractivity contribution < 1.29 is 0 Å². The standard InChI is InChI=1S/C42H28N4O/c1-42(2)33-18-10-8-16-28(33)29-21-22-31-36-27-15-7-6-12-25(27)20-23-35(36)46(39(31)37(29)42)41-43-24-32-38(44-41)30-17-9-11-19-34(30)45(40(32)47)26-13-4-3-5-14-26/h3-24H,1-2H3. The molecular weight excluding hydrogens is 576 g/mol. The van der Waals surface area contributed by atoms with Crippen LogP contribution >= 0.6 is 0 Å². The summed E-state index contributed by atoms with van der Waals surface area (Å²) in [5.41, 5.74) is 9.12. The van der Waals surface area contributed by atoms with E-state index in [2.05, 4.69) is 91.2 Å². The molecule has 3 heterocycles. The lowest BCUT2D eigenvalue weighted by Crippen LogP contribution is -2.20. The van der Waals surface area contributed by atoms with Crippen molar-refractivity contribution in [3.8, 4) is 22.8 Å². The molecule has 222 valence electrons. The molecule has 5 heteroatoms. The molecule has 0 saturated carbocycles. The van der Waals surface area contributed by atoms with Crippen molar-refractivity contribution in [1.82, 2.24) is 19.1 Å². The van der Waals surface area contributed by atoms with Crippen LogP contribution < -0.4 is 5.56 Å². The van der Waals surface area contributed by atoms with Gasteiger partial charge in [0.1, 0.15) is 0 Å². The van der Waals surface area contributed by atoms with E-state index in [1.54, 1.807) is 10.8 Å². The Balaban J connectivity index is 1.37. The van der Waals surface area contributed by atoms with E-state index < -0.39 is 0 Å². The summed E-state index contributed by atoms with van der Waals surface area (Å²) in [5.74, 6) is 0.551. The first-order valence-corrected chi connectivity index (χ1v) is 16.0. The average molecular weight is 605 g/mol. The molecule has 0 spiro atoms. The molecule has 1 aliphatic carbocycles. The minimum absolute atomic E-state index is 0.137. The Bertz CT molecular complexity index is 2840. The number of rotatable bonds is 2. The molecule has 0 radical (unpaired) electrons. The van der Waals surface area contributed by atoms with Crippen LogP contribution in [0.1, 0.15) is 25.0 Å². The van der Waals surface area contributed by atoms with Crippen LogP contribution in [0.2, 0.25) is 0 Å². The molecule has 0 saturated heterocycles. The van der Waals surface area contributed by atoms with Crippen molar-refractivity contribution in [3.63, 3.8) is 0 Å². The molecule has 9 aromatic rings. The molecule has 0 bridgehead atoms. The van der Waals surface area contributed by atoms with Crippen molar-refractivity contribution in [2.24, 2.45) is 0 Å². The first-order valence-electron chi connectivity index (χ1n) is 16.0. The van der Waals surface area contributed by atoms with Crippen LogP contribution in [-0.2, 0) is 5.41 Å². The van der Waals surface area contributed by atoms with Crippen LogP contribution in [-0.4, -0.2) is 19.1 Å². The number of hydrogen-bond donors (Lipinski definition) is 0. The molecule has 47 heavy (non-hydrogen) atoms. The van der Waals surface area contributed by atoms with Gasteiger partial charge in [-0.1, -0.05) is 117 Å². The number of aromatic nitrogens is 4. The first-order chi connectivity index (χ1) is 23.0. The molecule has 0 atom stereocenters. The molecular formula is C42H28N4O. The maximum atomic E-state index is 14.2. The zero-order valence-electron chi connectivity index (χ0n) is 25.9. The Labute approximate surface area is 270 Å². The van der Waals surface area contributed by atoms with Gasteiger partial charge in [0.25, 0.3) is 5.56 Å². The van der Waals surface area contributed by atoms with Gasteiger partial charge in [0.05, 0.1) is 27.5 Å². The summed E-state index contributed by atoms with van der Waals surface area (Å²) in [6, 6.07) is 44.0. The maximum Gasteiger partial charge on any atom is 0.266 e. The van der Waals surface area contributed by atoms with E-state index in [0.29, 0.717) is 16.9 Å². The molecule has 5 nitrogen and oxygen atoms in total. The van der Waals surface area contributed by atoms with Gasteiger partial charge in [0.15, 0.2) is 0 Å². The Morgan fingerprint density at radius 2 is 1.34 bits per heavy atom. The van der Waals surface area contributed by atoms with Crippen LogP contribution in [0.25, 0.3) is 77.1 Å². The van der Waals surface area contributed by atoms with E-state index >= 15 is 0 Å². The van der Waals surface area contributed by atoms with Gasteiger partial charge in [-0.25, -0.2) is 9.97 Å². The van der Waals surface area contributed by atoms with Crippen LogP contribution in [0.5, 0.6) is 0 Å². The lowest BCUT2D eigenvalue weighted by molar-refractivity contribution is 0.663. The van der Waals surface area contributed by atoms with E-state index in [-0.39, 0.29) is 11.0 Å². The van der Waals surface area contributed by atoms with Gasteiger partial charge in [-0.05, 0) is 57.3 Å². The summed E-state index contributed by atoms with van der Waals surface area (Å²) in [4.78, 5) is 24.4. The van der Waals surface area contributed by atoms with Gasteiger partial charge in [0.2, 0.25) is 5.95 Å². The van der Waals surface area contributed by atoms with Crippen molar-refractivity contribution in [2.45, 2.75) is 19.3 Å². The third-order valence-electron chi connectivity index (χ3n) is 10.2. The smallest absolute Gasteiger partial charge is 0.266 e. The van der Waals surface area contributed by atoms with Gasteiger partial charge < -0.3 is 0 Å². The highest BCUT2D eigenvalue weighted by Crippen LogP contribution is 2.53. The van der Waals surface area contributed by atoms with Crippen LogP contribution in [0, 0.1) is 0 Å². The number of pyridine rings is 1. The van der Waals surface area contributed by atoms with Crippen LogP contribution in [0.3, 0.4) is 0 Å². The van der Waals surface area contributed by atoms with Gasteiger partial charge in [-0.3, -0.25) is 13.9 Å². The van der Waals surface area contributed by atoms with E-state index in [4.69, 9.17) is 9.97 Å². The molecule has 0 N–H and O–H groups in total. The predicted molar refractivity (Wildman–Crippen MR) is 192 cm³/mol. The minimum atomic E-state index is -0.250. The molecule has 1 aliphatic rings. The minimum Gasteiger partial charge on any atom is -0.278 e. The number of benzene rings is 6. The van der Waals surface area contributed by atoms with E-state index in [1.807, 2.05) is 54.6 Å². The summed E-state index contributed by atoms with van der Waals surface area (Å²) in [6.07, 6.45) is 1.72. The van der Waals surface area contributed by atoms with Crippen molar-refractivity contribution in [2.75, 3.05) is 0 Å². The summed E-state index contributed by atoms with van der Waals surface area (Å²) in [6.45, 7) is 4.63. The van der Waals surface area contributed by atoms with Crippen molar-refractivity contribution in [3.05, 3.63) is 155 Å². The second-order valence-electron chi connectivity index (χ2n) is 13.0. The monoisotopic (exact) mass is 604 g/mol. The summed E-state index contributed by atoms with van der Waals surface area (Å²) < 4.78 is 4.00. The lowest BCUT2D eigenvalue weighted by atomic mass is 9.81. The number of nitrogens with zero attached hydrogens (tertiary/aromatic N) is 4. The third kappa shape index (κ3) is 3.40. The van der Waals surface area contributed by atoms with Gasteiger partial charge in [0, 0.05) is 33.5 Å². The maximum absolute atomic E-state index is 14.2. The molecule has 10 rings (SSSR count). The third-order valence-corrected chi connectivity index (χ3v) is 10.2. The summed E-state index contributed by atoms with van der Waals surface area (Å²) in [5, 5.41) is 6.12. The van der Waals surface area contributed by atoms with Crippen molar-refractivity contribution in [1.29, 1.82) is 0 Å². The average Bonchev–Trinajstić information content (AvgIpc) is 3.57. The number of para-hydroxylation sites is 2. The molecule has 0 amide bonds. The Kier molecular flexibility index (Phi) is 5.15. The zero-order chi connectivity index (χ0) is 31.4. The highest BCUT2D eigenvalue weighted by molar-refractivity contribution is 6.23. The molecule has 3 aromatic heterocycles. The van der Waals surface area contributed by atoms with E-state index in [0.717, 1.165) is 27.6 Å². The van der Waals surface area contributed by atoms with Gasteiger partial charge in [-0.2, -0.15) is 0 Å².